The van der Waals surface area contributed by atoms with E-state index in [2.05, 4.69) is 16.0 Å². The van der Waals surface area contributed by atoms with Crippen molar-refractivity contribution < 1.29 is 44.1 Å². The first kappa shape index (κ1) is 29.7. The van der Waals surface area contributed by atoms with E-state index in [1.807, 2.05) is 0 Å². The number of aliphatic hydroxyl groups excluding tert-OH is 1. The van der Waals surface area contributed by atoms with Crippen LogP contribution in [0.2, 0.25) is 0 Å². The van der Waals surface area contributed by atoms with Crippen LogP contribution in [0.15, 0.2) is 0 Å². The molecule has 10 N–H and O–H groups in total. The lowest BCUT2D eigenvalue weighted by Gasteiger charge is -2.26. The number of primary amides is 1. The number of rotatable bonds is 15. The lowest BCUT2D eigenvalue weighted by molar-refractivity contribution is -0.143. The molecule has 14 nitrogen and oxygen atoms in total. The normalized spacial score (nSPS) is 15.5. The number of nitrogens with two attached hydrogens (primary N) is 2. The zero-order valence-corrected chi connectivity index (χ0v) is 18.7. The number of amides is 4. The number of carboxylic acids is 2. The molecule has 0 aromatic heterocycles. The Kier molecular flexibility index (Phi) is 12.6. The Bertz CT molecular complexity index is 741. The van der Waals surface area contributed by atoms with Crippen molar-refractivity contribution in [2.75, 3.05) is 0 Å². The summed E-state index contributed by atoms with van der Waals surface area (Å²) < 4.78 is 0. The second kappa shape index (κ2) is 14.0. The maximum atomic E-state index is 12.7. The topological polar surface area (TPSA) is 251 Å². The molecule has 0 aliphatic carbocycles. The summed E-state index contributed by atoms with van der Waals surface area (Å²) >= 11 is 0. The Balaban J connectivity index is 5.52. The molecule has 14 heteroatoms. The Morgan fingerprint density at radius 1 is 0.848 bits per heavy atom. The molecule has 0 aliphatic heterocycles. The number of carbonyl (C=O) groups excluding carboxylic acids is 4. The van der Waals surface area contributed by atoms with Gasteiger partial charge in [0.25, 0.3) is 0 Å². The number of hydrogen-bond acceptors (Lipinski definition) is 8. The molecule has 0 aliphatic rings. The van der Waals surface area contributed by atoms with Crippen LogP contribution in [-0.2, 0) is 28.8 Å². The van der Waals surface area contributed by atoms with Gasteiger partial charge in [-0.15, -0.1) is 0 Å². The van der Waals surface area contributed by atoms with Gasteiger partial charge < -0.3 is 42.7 Å². The van der Waals surface area contributed by atoms with Gasteiger partial charge in [0.05, 0.1) is 18.6 Å². The highest BCUT2D eigenvalue weighted by molar-refractivity contribution is 5.95. The van der Waals surface area contributed by atoms with Gasteiger partial charge in [0, 0.05) is 6.42 Å². The summed E-state index contributed by atoms with van der Waals surface area (Å²) in [6.45, 7) is 4.66. The van der Waals surface area contributed by atoms with Crippen molar-refractivity contribution in [2.24, 2.45) is 17.4 Å². The minimum atomic E-state index is -1.62. The predicted octanol–water partition coefficient (Wildman–Crippen LogP) is -2.98. The number of hydrogen-bond donors (Lipinski definition) is 8. The molecule has 0 rings (SSSR count). The molecule has 0 fully saturated rings. The molecule has 0 aromatic rings. The van der Waals surface area contributed by atoms with Gasteiger partial charge in [-0.2, -0.15) is 0 Å². The average Bonchev–Trinajstić information content (AvgIpc) is 2.66. The first-order chi connectivity index (χ1) is 15.1. The van der Waals surface area contributed by atoms with Crippen molar-refractivity contribution in [2.45, 2.75) is 76.7 Å². The van der Waals surface area contributed by atoms with Gasteiger partial charge >= 0.3 is 11.9 Å². The zero-order valence-electron chi connectivity index (χ0n) is 18.7. The first-order valence-corrected chi connectivity index (χ1v) is 10.2. The van der Waals surface area contributed by atoms with Crippen LogP contribution in [-0.4, -0.2) is 81.2 Å². The van der Waals surface area contributed by atoms with Gasteiger partial charge in [-0.25, -0.2) is 4.79 Å². The number of aliphatic carboxylic acids is 2. The van der Waals surface area contributed by atoms with Gasteiger partial charge in [-0.1, -0.05) is 13.8 Å². The Morgan fingerprint density at radius 2 is 1.39 bits per heavy atom. The fourth-order valence-electron chi connectivity index (χ4n) is 2.73. The van der Waals surface area contributed by atoms with Gasteiger partial charge in [-0.05, 0) is 25.7 Å². The Morgan fingerprint density at radius 3 is 1.82 bits per heavy atom. The maximum Gasteiger partial charge on any atom is 0.326 e. The van der Waals surface area contributed by atoms with Gasteiger partial charge in [0.15, 0.2) is 0 Å². The molecule has 0 bridgehead atoms. The van der Waals surface area contributed by atoms with Crippen LogP contribution in [0, 0.1) is 5.92 Å². The highest BCUT2D eigenvalue weighted by Crippen LogP contribution is 2.07. The molecule has 0 heterocycles. The summed E-state index contributed by atoms with van der Waals surface area (Å²) in [5.41, 5.74) is 10.5. The van der Waals surface area contributed by atoms with E-state index in [9.17, 15) is 39.0 Å². The third-order valence-electron chi connectivity index (χ3n) is 4.43. The Hall–Kier alpha value is -3.26. The van der Waals surface area contributed by atoms with Crippen molar-refractivity contribution in [3.05, 3.63) is 0 Å². The Labute approximate surface area is 190 Å². The third kappa shape index (κ3) is 11.8. The zero-order chi connectivity index (χ0) is 25.9. The summed E-state index contributed by atoms with van der Waals surface area (Å²) in [6, 6.07) is -5.79. The van der Waals surface area contributed by atoms with Crippen LogP contribution in [0.4, 0.5) is 0 Å². The lowest BCUT2D eigenvalue weighted by Crippen LogP contribution is -2.60. The van der Waals surface area contributed by atoms with E-state index >= 15 is 0 Å². The van der Waals surface area contributed by atoms with Crippen LogP contribution in [0.1, 0.15) is 46.5 Å². The number of carbonyl (C=O) groups is 6. The van der Waals surface area contributed by atoms with E-state index in [1.54, 1.807) is 13.8 Å². The molecule has 0 saturated heterocycles. The van der Waals surface area contributed by atoms with Gasteiger partial charge in [0.2, 0.25) is 23.6 Å². The molecule has 0 aromatic carbocycles. The molecule has 0 saturated carbocycles. The molecule has 5 atom stereocenters. The van der Waals surface area contributed by atoms with Crippen molar-refractivity contribution in [1.29, 1.82) is 0 Å². The standard InChI is InChI=1S/C19H33N5O9/c1-8(2)6-12(19(32)33)23-17(30)11(4-5-13(21)26)22-18(31)15(9(3)25)24-16(29)10(20)7-14(27)28/h8-12,15,25H,4-7,20H2,1-3H3,(H2,21,26)(H,22,31)(H,23,30)(H,24,29)(H,27,28)(H,32,33). The van der Waals surface area contributed by atoms with E-state index in [0.717, 1.165) is 6.92 Å². The summed E-state index contributed by atoms with van der Waals surface area (Å²) in [5.74, 6) is -6.47. The van der Waals surface area contributed by atoms with Crippen LogP contribution in [0.25, 0.3) is 0 Å². The molecule has 5 unspecified atom stereocenters. The fraction of sp³-hybridized carbons (Fsp3) is 0.684. The van der Waals surface area contributed by atoms with Gasteiger partial charge in [-0.3, -0.25) is 24.0 Å². The van der Waals surface area contributed by atoms with Crippen molar-refractivity contribution >= 4 is 35.6 Å². The highest BCUT2D eigenvalue weighted by atomic mass is 16.4. The summed E-state index contributed by atoms with van der Waals surface area (Å²) in [5, 5.41) is 34.6. The fourth-order valence-corrected chi connectivity index (χ4v) is 2.73. The number of nitrogens with one attached hydrogen (secondary N) is 3. The SMILES string of the molecule is CC(C)CC(NC(=O)C(CCC(N)=O)NC(=O)C(NC(=O)C(N)CC(=O)O)C(C)O)C(=O)O. The molecule has 33 heavy (non-hydrogen) atoms. The van der Waals surface area contributed by atoms with Gasteiger partial charge in [0.1, 0.15) is 18.1 Å². The number of aliphatic hydroxyl groups is 1. The number of carboxylic acid groups (broad SMARTS) is 2. The van der Waals surface area contributed by atoms with Crippen molar-refractivity contribution in [3.8, 4) is 0 Å². The van der Waals surface area contributed by atoms with E-state index in [-0.39, 0.29) is 25.2 Å². The minimum absolute atomic E-state index is 0.0742. The van der Waals surface area contributed by atoms with Crippen LogP contribution >= 0.6 is 0 Å². The van der Waals surface area contributed by atoms with Crippen LogP contribution in [0.3, 0.4) is 0 Å². The largest absolute Gasteiger partial charge is 0.481 e. The summed E-state index contributed by atoms with van der Waals surface area (Å²) in [7, 11) is 0. The second-order valence-corrected chi connectivity index (χ2v) is 8.03. The molecule has 0 radical (unpaired) electrons. The quantitative estimate of drug-likeness (QED) is 0.119. The molecular formula is C19H33N5O9. The van der Waals surface area contributed by atoms with E-state index in [4.69, 9.17) is 16.6 Å². The van der Waals surface area contributed by atoms with Crippen molar-refractivity contribution in [3.63, 3.8) is 0 Å². The molecule has 188 valence electrons. The maximum absolute atomic E-state index is 12.7. The predicted molar refractivity (Wildman–Crippen MR) is 113 cm³/mol. The lowest BCUT2D eigenvalue weighted by atomic mass is 10.0. The van der Waals surface area contributed by atoms with E-state index in [1.165, 1.54) is 0 Å². The third-order valence-corrected chi connectivity index (χ3v) is 4.43. The average molecular weight is 475 g/mol. The molecule has 0 spiro atoms. The second-order valence-electron chi connectivity index (χ2n) is 8.03. The highest BCUT2D eigenvalue weighted by Gasteiger charge is 2.33. The van der Waals surface area contributed by atoms with E-state index in [0.29, 0.717) is 0 Å². The first-order valence-electron chi connectivity index (χ1n) is 10.2. The van der Waals surface area contributed by atoms with Crippen LogP contribution in [0.5, 0.6) is 0 Å². The minimum Gasteiger partial charge on any atom is -0.481 e. The van der Waals surface area contributed by atoms with E-state index < -0.39 is 72.3 Å². The summed E-state index contributed by atoms with van der Waals surface area (Å²) in [6.07, 6.45) is -2.70. The molecule has 4 amide bonds. The summed E-state index contributed by atoms with van der Waals surface area (Å²) in [4.78, 5) is 70.7. The smallest absolute Gasteiger partial charge is 0.326 e. The van der Waals surface area contributed by atoms with Crippen molar-refractivity contribution in [1.82, 2.24) is 16.0 Å². The molecular weight excluding hydrogens is 442 g/mol. The van der Waals surface area contributed by atoms with Crippen LogP contribution < -0.4 is 27.4 Å². The monoisotopic (exact) mass is 475 g/mol.